The molecule has 1 rings (SSSR count). The Bertz CT molecular complexity index is 224. The lowest BCUT2D eigenvalue weighted by molar-refractivity contribution is 1.44. The lowest BCUT2D eigenvalue weighted by atomic mass is 10.2. The minimum atomic E-state index is 0.446. The monoisotopic (exact) mass is 120 g/mol. The first-order valence-corrected chi connectivity index (χ1v) is 2.76. The van der Waals surface area contributed by atoms with E-state index in [4.69, 9.17) is 13.1 Å². The van der Waals surface area contributed by atoms with Crippen LogP contribution < -0.4 is 4.91 Å². The van der Waals surface area contributed by atoms with E-state index in [0.717, 1.165) is 0 Å². The maximum atomic E-state index is 8.22. The molecule has 0 aliphatic carbocycles. The molecule has 2 nitrogen and oxygen atoms in total. The fraction of sp³-hybridized carbons (Fsp3) is 0. The fourth-order valence-corrected chi connectivity index (χ4v) is 0.821. The predicted octanol–water partition coefficient (Wildman–Crippen LogP) is -0.191. The maximum Gasteiger partial charge on any atom is 0.157 e. The van der Waals surface area contributed by atoms with Crippen LogP contribution in [0.5, 0.6) is 0 Å². The summed E-state index contributed by atoms with van der Waals surface area (Å²) < 4.78 is 0. The summed E-state index contributed by atoms with van der Waals surface area (Å²) in [7, 11) is 5.21. The van der Waals surface area contributed by atoms with Crippen LogP contribution in [-0.2, 0) is 0 Å². The molecule has 0 atom stereocenters. The van der Waals surface area contributed by atoms with Crippen LogP contribution in [0.4, 0.5) is 0 Å². The van der Waals surface area contributed by atoms with Gasteiger partial charge in [0.2, 0.25) is 0 Å². The van der Waals surface area contributed by atoms with Crippen LogP contribution in [0.1, 0.15) is 4.88 Å². The zero-order valence-electron chi connectivity index (χ0n) is 3.96. The van der Waals surface area contributed by atoms with Crippen molar-refractivity contribution < 1.29 is 0 Å². The Morgan fingerprint density at radius 3 is 2.88 bits per heavy atom. The van der Waals surface area contributed by atoms with Gasteiger partial charge in [-0.2, -0.15) is 5.26 Å². The number of rotatable bonds is 0. The van der Waals surface area contributed by atoms with Gasteiger partial charge in [0, 0.05) is 4.91 Å². The van der Waals surface area contributed by atoms with Crippen molar-refractivity contribution >= 4 is 24.1 Å². The third kappa shape index (κ3) is 0.875. The molecular weight excluding hydrogens is 119 g/mol. The second kappa shape index (κ2) is 1.97. The van der Waals surface area contributed by atoms with Gasteiger partial charge in [0.1, 0.15) is 10.9 Å². The first kappa shape index (κ1) is 5.32. The highest BCUT2D eigenvalue weighted by Crippen LogP contribution is 1.97. The number of aromatic nitrogens is 1. The minimum Gasteiger partial charge on any atom is -0.260 e. The first-order valence-electron chi connectivity index (χ1n) is 1.94. The van der Waals surface area contributed by atoms with Gasteiger partial charge in [-0.05, 0) is 0 Å². The van der Waals surface area contributed by atoms with E-state index in [1.165, 1.54) is 17.5 Å². The standard InChI is InChI=1S/C4HBN2S/c5-4-7-2-3(1-6)8-4/h2H. The topological polar surface area (TPSA) is 36.7 Å². The van der Waals surface area contributed by atoms with E-state index in [2.05, 4.69) is 4.98 Å². The third-order valence-electron chi connectivity index (χ3n) is 0.634. The zero-order valence-corrected chi connectivity index (χ0v) is 4.77. The normalized spacial score (nSPS) is 8.38. The molecule has 2 radical (unpaired) electrons. The number of nitrogens with zero attached hydrogens (tertiary/aromatic N) is 2. The van der Waals surface area contributed by atoms with Gasteiger partial charge in [-0.25, -0.2) is 0 Å². The van der Waals surface area contributed by atoms with Crippen molar-refractivity contribution in [1.82, 2.24) is 4.98 Å². The summed E-state index contributed by atoms with van der Waals surface area (Å²) in [4.78, 5) is 4.66. The molecule has 0 amide bonds. The van der Waals surface area contributed by atoms with Crippen molar-refractivity contribution in [2.45, 2.75) is 0 Å². The average molecular weight is 120 g/mol. The van der Waals surface area contributed by atoms with Crippen LogP contribution in [-0.4, -0.2) is 12.8 Å². The predicted molar refractivity (Wildman–Crippen MR) is 32.2 cm³/mol. The van der Waals surface area contributed by atoms with Gasteiger partial charge in [-0.3, -0.25) is 4.98 Å². The Morgan fingerprint density at radius 2 is 2.62 bits per heavy atom. The van der Waals surface area contributed by atoms with Crippen molar-refractivity contribution in [3.8, 4) is 6.07 Å². The molecule has 0 spiro atoms. The maximum absolute atomic E-state index is 8.22. The number of hydrogen-bond donors (Lipinski definition) is 0. The van der Waals surface area contributed by atoms with Crippen molar-refractivity contribution in [2.24, 2.45) is 0 Å². The second-order valence-corrected chi connectivity index (χ2v) is 2.24. The van der Waals surface area contributed by atoms with E-state index in [0.29, 0.717) is 9.78 Å². The SMILES string of the molecule is [B]c1ncc(C#N)s1. The number of hydrogen-bond acceptors (Lipinski definition) is 3. The molecule has 0 unspecified atom stereocenters. The molecule has 1 aromatic heterocycles. The summed E-state index contributed by atoms with van der Waals surface area (Å²) in [6.45, 7) is 0. The third-order valence-corrected chi connectivity index (χ3v) is 1.36. The van der Waals surface area contributed by atoms with Crippen LogP contribution in [0.15, 0.2) is 6.20 Å². The largest absolute Gasteiger partial charge is 0.260 e. The van der Waals surface area contributed by atoms with E-state index in [1.807, 2.05) is 6.07 Å². The Hall–Kier alpha value is -0.815. The average Bonchev–Trinajstić information content (AvgIpc) is 2.14. The molecule has 0 bridgehead atoms. The molecule has 0 aromatic carbocycles. The molecule has 0 aliphatic heterocycles. The van der Waals surface area contributed by atoms with E-state index >= 15 is 0 Å². The van der Waals surface area contributed by atoms with Crippen LogP contribution in [0, 0.1) is 11.3 Å². The van der Waals surface area contributed by atoms with Gasteiger partial charge in [-0.1, -0.05) is 0 Å². The zero-order chi connectivity index (χ0) is 5.98. The highest BCUT2D eigenvalue weighted by Gasteiger charge is 1.91. The smallest absolute Gasteiger partial charge is 0.157 e. The van der Waals surface area contributed by atoms with Crippen LogP contribution in [0.3, 0.4) is 0 Å². The van der Waals surface area contributed by atoms with Gasteiger partial charge in [0.25, 0.3) is 0 Å². The van der Waals surface area contributed by atoms with Crippen molar-refractivity contribution in [2.75, 3.05) is 0 Å². The van der Waals surface area contributed by atoms with Crippen molar-refractivity contribution in [3.05, 3.63) is 11.1 Å². The Balaban J connectivity index is 3.05. The van der Waals surface area contributed by atoms with Crippen molar-refractivity contribution in [3.63, 3.8) is 0 Å². The molecule has 0 saturated carbocycles. The quantitative estimate of drug-likeness (QED) is 0.445. The van der Waals surface area contributed by atoms with E-state index < -0.39 is 0 Å². The minimum absolute atomic E-state index is 0.446. The van der Waals surface area contributed by atoms with Gasteiger partial charge >= 0.3 is 0 Å². The molecule has 0 aliphatic rings. The molecule has 0 saturated heterocycles. The van der Waals surface area contributed by atoms with E-state index in [1.54, 1.807) is 0 Å². The highest BCUT2D eigenvalue weighted by molar-refractivity contribution is 7.19. The summed E-state index contributed by atoms with van der Waals surface area (Å²) in [5.41, 5.74) is 0. The molecule has 4 heteroatoms. The summed E-state index contributed by atoms with van der Waals surface area (Å²) in [5, 5.41) is 8.22. The molecule has 36 valence electrons. The molecule has 1 aromatic rings. The lowest BCUT2D eigenvalue weighted by Gasteiger charge is -1.67. The lowest BCUT2D eigenvalue weighted by Crippen LogP contribution is -1.95. The second-order valence-electron chi connectivity index (χ2n) is 1.17. The molecule has 8 heavy (non-hydrogen) atoms. The van der Waals surface area contributed by atoms with Crippen LogP contribution >= 0.6 is 11.3 Å². The van der Waals surface area contributed by atoms with E-state index in [-0.39, 0.29) is 0 Å². The number of nitriles is 1. The Morgan fingerprint density at radius 1 is 1.88 bits per heavy atom. The van der Waals surface area contributed by atoms with Gasteiger partial charge in [0.05, 0.1) is 6.20 Å². The summed E-state index contributed by atoms with van der Waals surface area (Å²) >= 11 is 1.19. The van der Waals surface area contributed by atoms with E-state index in [9.17, 15) is 0 Å². The first-order chi connectivity index (χ1) is 3.83. The molecule has 0 N–H and O–H groups in total. The number of thiazole rings is 1. The molecule has 1 heterocycles. The summed E-state index contributed by atoms with van der Waals surface area (Å²) in [6.07, 6.45) is 1.46. The Labute approximate surface area is 52.2 Å². The summed E-state index contributed by atoms with van der Waals surface area (Å²) in [5.74, 6) is 0. The van der Waals surface area contributed by atoms with Crippen LogP contribution in [0.25, 0.3) is 0 Å². The van der Waals surface area contributed by atoms with Gasteiger partial charge in [-0.15, -0.1) is 11.3 Å². The fourth-order valence-electron chi connectivity index (χ4n) is 0.339. The Kier molecular flexibility index (Phi) is 1.31. The van der Waals surface area contributed by atoms with Gasteiger partial charge in [0.15, 0.2) is 7.85 Å². The highest BCUT2D eigenvalue weighted by atomic mass is 32.1. The van der Waals surface area contributed by atoms with Crippen molar-refractivity contribution in [1.29, 1.82) is 5.26 Å². The summed E-state index contributed by atoms with van der Waals surface area (Å²) in [6, 6.07) is 1.92. The van der Waals surface area contributed by atoms with Crippen LogP contribution in [0.2, 0.25) is 0 Å². The molecule has 0 fully saturated rings. The molecular formula is C4HBN2S. The van der Waals surface area contributed by atoms with Gasteiger partial charge < -0.3 is 0 Å².